The van der Waals surface area contributed by atoms with Crippen molar-refractivity contribution in [1.29, 1.82) is 0 Å². The Bertz CT molecular complexity index is 270. The van der Waals surface area contributed by atoms with Crippen LogP contribution in [-0.2, 0) is 0 Å². The van der Waals surface area contributed by atoms with Crippen molar-refractivity contribution >= 4 is 0 Å². The van der Waals surface area contributed by atoms with E-state index in [4.69, 9.17) is 0 Å². The Morgan fingerprint density at radius 1 is 1.50 bits per heavy atom. The molecule has 0 radical (unpaired) electrons. The number of allylic oxidation sites excluding steroid dienone is 5. The fourth-order valence-corrected chi connectivity index (χ4v) is 2.66. The molecule has 0 aliphatic heterocycles. The molecular weight excluding hydrogens is 168 g/mol. The first-order valence-electron chi connectivity index (χ1n) is 5.77. The maximum absolute atomic E-state index is 3.92. The zero-order valence-electron chi connectivity index (χ0n) is 9.08. The van der Waals surface area contributed by atoms with Crippen molar-refractivity contribution in [3.8, 4) is 0 Å². The molecule has 76 valence electrons. The Morgan fingerprint density at radius 2 is 2.29 bits per heavy atom. The highest BCUT2D eigenvalue weighted by Gasteiger charge is 2.28. The molecule has 1 fully saturated rings. The maximum atomic E-state index is 3.92. The molecule has 0 aromatic heterocycles. The molecule has 0 N–H and O–H groups in total. The highest BCUT2D eigenvalue weighted by Crippen LogP contribution is 2.39. The summed E-state index contributed by atoms with van der Waals surface area (Å²) in [4.78, 5) is 0. The average Bonchev–Trinajstić information content (AvgIpc) is 2.44. The van der Waals surface area contributed by atoms with Gasteiger partial charge in [0.1, 0.15) is 0 Å². The van der Waals surface area contributed by atoms with Crippen LogP contribution in [0.1, 0.15) is 32.6 Å². The van der Waals surface area contributed by atoms with Crippen LogP contribution in [0.15, 0.2) is 36.5 Å². The summed E-state index contributed by atoms with van der Waals surface area (Å²) < 4.78 is 0. The van der Waals surface area contributed by atoms with E-state index in [-0.39, 0.29) is 0 Å². The van der Waals surface area contributed by atoms with E-state index >= 15 is 0 Å². The van der Waals surface area contributed by atoms with Crippen LogP contribution in [0.3, 0.4) is 0 Å². The second kappa shape index (κ2) is 4.16. The summed E-state index contributed by atoms with van der Waals surface area (Å²) in [7, 11) is 0. The highest BCUT2D eigenvalue weighted by atomic mass is 14.3. The van der Waals surface area contributed by atoms with E-state index < -0.39 is 0 Å². The zero-order valence-corrected chi connectivity index (χ0v) is 9.08. The van der Waals surface area contributed by atoms with Crippen LogP contribution < -0.4 is 0 Å². The van der Waals surface area contributed by atoms with Gasteiger partial charge in [-0.25, -0.2) is 0 Å². The summed E-state index contributed by atoms with van der Waals surface area (Å²) in [6.45, 7) is 6.29. The van der Waals surface area contributed by atoms with Gasteiger partial charge in [0.15, 0.2) is 0 Å². The van der Waals surface area contributed by atoms with Crippen LogP contribution in [0.4, 0.5) is 0 Å². The van der Waals surface area contributed by atoms with Crippen LogP contribution >= 0.6 is 0 Å². The molecule has 0 saturated heterocycles. The van der Waals surface area contributed by atoms with E-state index in [1.165, 1.54) is 25.7 Å². The topological polar surface area (TPSA) is 0 Å². The van der Waals surface area contributed by atoms with E-state index in [9.17, 15) is 0 Å². The van der Waals surface area contributed by atoms with Crippen molar-refractivity contribution in [2.45, 2.75) is 32.6 Å². The van der Waals surface area contributed by atoms with Gasteiger partial charge >= 0.3 is 0 Å². The molecule has 1 saturated carbocycles. The van der Waals surface area contributed by atoms with Gasteiger partial charge in [-0.1, -0.05) is 31.2 Å². The van der Waals surface area contributed by atoms with Crippen LogP contribution in [-0.4, -0.2) is 0 Å². The third-order valence-electron chi connectivity index (χ3n) is 3.74. The normalized spacial score (nSPS) is 38.6. The molecule has 0 aromatic rings. The van der Waals surface area contributed by atoms with Gasteiger partial charge in [0, 0.05) is 0 Å². The molecular formula is C14H20. The Kier molecular flexibility index (Phi) is 2.90. The van der Waals surface area contributed by atoms with Crippen LogP contribution in [0.2, 0.25) is 0 Å². The number of hydrogen-bond acceptors (Lipinski definition) is 0. The molecule has 3 unspecified atom stereocenters. The van der Waals surface area contributed by atoms with Gasteiger partial charge in [-0.2, -0.15) is 0 Å². The van der Waals surface area contributed by atoms with Gasteiger partial charge in [-0.3, -0.25) is 0 Å². The lowest BCUT2D eigenvalue weighted by Crippen LogP contribution is -1.97. The Morgan fingerprint density at radius 3 is 2.79 bits per heavy atom. The molecule has 0 aromatic carbocycles. The van der Waals surface area contributed by atoms with Crippen molar-refractivity contribution in [3.05, 3.63) is 36.5 Å². The van der Waals surface area contributed by atoms with Gasteiger partial charge < -0.3 is 0 Å². The standard InChI is InChI=1S/C14H20/c1-3-14-10-13(9-11(14)2)8-7-12-5-4-6-12/h3-5,7,11,13-14H,1,6,8-10H2,2H3/b12-7+. The van der Waals surface area contributed by atoms with Crippen molar-refractivity contribution < 1.29 is 0 Å². The van der Waals surface area contributed by atoms with Crippen molar-refractivity contribution in [1.82, 2.24) is 0 Å². The third kappa shape index (κ3) is 2.00. The number of hydrogen-bond donors (Lipinski definition) is 0. The molecule has 0 bridgehead atoms. The van der Waals surface area contributed by atoms with Crippen molar-refractivity contribution in [3.63, 3.8) is 0 Å². The molecule has 0 nitrogen and oxygen atoms in total. The summed E-state index contributed by atoms with van der Waals surface area (Å²) >= 11 is 0. The fraction of sp³-hybridized carbons (Fsp3) is 0.571. The average molecular weight is 188 g/mol. The lowest BCUT2D eigenvalue weighted by molar-refractivity contribution is 0.499. The van der Waals surface area contributed by atoms with Crippen molar-refractivity contribution in [2.75, 3.05) is 0 Å². The highest BCUT2D eigenvalue weighted by molar-refractivity contribution is 5.30. The van der Waals surface area contributed by atoms with Crippen molar-refractivity contribution in [2.24, 2.45) is 17.8 Å². The summed E-state index contributed by atoms with van der Waals surface area (Å²) in [5, 5.41) is 0. The van der Waals surface area contributed by atoms with Gasteiger partial charge in [-0.05, 0) is 49.0 Å². The Balaban J connectivity index is 1.83. The Hall–Kier alpha value is -0.780. The molecule has 2 aliphatic carbocycles. The first-order valence-corrected chi connectivity index (χ1v) is 5.77. The second-order valence-corrected chi connectivity index (χ2v) is 4.84. The molecule has 2 aliphatic rings. The largest absolute Gasteiger partial charge is 0.103 e. The minimum absolute atomic E-state index is 0.773. The SMILES string of the molecule is C=CC1CC(C/C=C2\C=CC2)CC1C. The first-order chi connectivity index (χ1) is 6.79. The minimum atomic E-state index is 0.773. The van der Waals surface area contributed by atoms with Crippen LogP contribution in [0.25, 0.3) is 0 Å². The molecule has 14 heavy (non-hydrogen) atoms. The minimum Gasteiger partial charge on any atom is -0.103 e. The third-order valence-corrected chi connectivity index (χ3v) is 3.74. The summed E-state index contributed by atoms with van der Waals surface area (Å²) in [6.07, 6.45) is 14.3. The molecule has 0 heteroatoms. The lowest BCUT2D eigenvalue weighted by atomic mass is 9.96. The van der Waals surface area contributed by atoms with E-state index in [2.05, 4.69) is 37.8 Å². The van der Waals surface area contributed by atoms with Gasteiger partial charge in [0.25, 0.3) is 0 Å². The fourth-order valence-electron chi connectivity index (χ4n) is 2.66. The number of rotatable bonds is 3. The zero-order chi connectivity index (χ0) is 9.97. The van der Waals surface area contributed by atoms with Gasteiger partial charge in [0.05, 0.1) is 0 Å². The maximum Gasteiger partial charge on any atom is -0.00975 e. The van der Waals surface area contributed by atoms with E-state index in [1.54, 1.807) is 5.57 Å². The summed E-state index contributed by atoms with van der Waals surface area (Å²) in [5.41, 5.74) is 1.54. The first kappa shape index (κ1) is 9.76. The molecule has 0 spiro atoms. The van der Waals surface area contributed by atoms with Gasteiger partial charge in [0.2, 0.25) is 0 Å². The Labute approximate surface area is 87.4 Å². The molecule has 3 atom stereocenters. The lowest BCUT2D eigenvalue weighted by Gasteiger charge is -2.10. The summed E-state index contributed by atoms with van der Waals surface area (Å²) in [6, 6.07) is 0. The quantitative estimate of drug-likeness (QED) is 0.585. The van der Waals surface area contributed by atoms with Crippen LogP contribution in [0.5, 0.6) is 0 Å². The molecule has 0 heterocycles. The predicted octanol–water partition coefficient (Wildman–Crippen LogP) is 4.11. The predicted molar refractivity (Wildman–Crippen MR) is 62.0 cm³/mol. The van der Waals surface area contributed by atoms with Crippen LogP contribution in [0, 0.1) is 17.8 Å². The molecule has 2 rings (SSSR count). The smallest absolute Gasteiger partial charge is 0.00975 e. The van der Waals surface area contributed by atoms with E-state index in [1.807, 2.05) is 0 Å². The monoisotopic (exact) mass is 188 g/mol. The summed E-state index contributed by atoms with van der Waals surface area (Å²) in [5.74, 6) is 2.54. The van der Waals surface area contributed by atoms with E-state index in [0.29, 0.717) is 0 Å². The second-order valence-electron chi connectivity index (χ2n) is 4.84. The molecule has 0 amide bonds. The van der Waals surface area contributed by atoms with E-state index in [0.717, 1.165) is 17.8 Å². The van der Waals surface area contributed by atoms with Gasteiger partial charge in [-0.15, -0.1) is 6.58 Å².